The van der Waals surface area contributed by atoms with Gasteiger partial charge in [-0.15, -0.1) is 0 Å². The average Bonchev–Trinajstić information content (AvgIpc) is 2.98. The summed E-state index contributed by atoms with van der Waals surface area (Å²) < 4.78 is 42.3. The Hall–Kier alpha value is -3.53. The highest BCUT2D eigenvalue weighted by atomic mass is 32.2. The minimum Gasteiger partial charge on any atom is -0.444 e. The molecule has 0 bridgehead atoms. The van der Waals surface area contributed by atoms with Crippen LogP contribution >= 0.6 is 0 Å². The first-order valence-corrected chi connectivity index (χ1v) is 15.5. The standard InChI is InChI=1S/C32H40N2O6S/c1-3-4-14-23-33-41(37,38)32(27(2)35,40-26-30-20-12-7-13-21-30)34(24-15-22-28-16-8-5-9-17-28)31(36)39-25-29-18-10-6-11-19-29/h5-13,16-21,33H,3-4,14-15,22-26H2,1-2H3/t32-/m0/s1. The van der Waals surface area contributed by atoms with Crippen LogP contribution in [0.5, 0.6) is 0 Å². The van der Waals surface area contributed by atoms with E-state index in [9.17, 15) is 18.0 Å². The zero-order valence-corrected chi connectivity index (χ0v) is 24.6. The van der Waals surface area contributed by atoms with Crippen molar-refractivity contribution in [2.75, 3.05) is 13.1 Å². The number of hydrogen-bond acceptors (Lipinski definition) is 6. The lowest BCUT2D eigenvalue weighted by atomic mass is 10.1. The van der Waals surface area contributed by atoms with Gasteiger partial charge in [0.05, 0.1) is 6.61 Å². The lowest BCUT2D eigenvalue weighted by Crippen LogP contribution is -2.66. The number of unbranched alkanes of at least 4 members (excludes halogenated alkanes) is 2. The summed E-state index contributed by atoms with van der Waals surface area (Å²) in [5.74, 6) is -0.840. The van der Waals surface area contributed by atoms with Crippen LogP contribution in [0.1, 0.15) is 56.2 Å². The Morgan fingerprint density at radius 1 is 0.780 bits per heavy atom. The second-order valence-corrected chi connectivity index (χ2v) is 11.6. The SMILES string of the molecule is CCCCCNS(=O)(=O)[C@@](OCc1ccccc1)(C(C)=O)N(CCCc1ccccc1)C(=O)OCc1ccccc1. The first-order chi connectivity index (χ1) is 19.8. The highest BCUT2D eigenvalue weighted by Crippen LogP contribution is 2.29. The number of Topliss-reactive ketones (excluding diaryl/α,β-unsaturated/α-hetero) is 1. The molecule has 1 atom stereocenters. The van der Waals surface area contributed by atoms with Crippen LogP contribution in [0, 0.1) is 0 Å². The lowest BCUT2D eigenvalue weighted by molar-refractivity contribution is -0.151. The zero-order chi connectivity index (χ0) is 29.6. The summed E-state index contributed by atoms with van der Waals surface area (Å²) in [6.45, 7) is 2.85. The molecule has 9 heteroatoms. The van der Waals surface area contributed by atoms with E-state index in [1.54, 1.807) is 36.4 Å². The van der Waals surface area contributed by atoms with Crippen LogP contribution in [-0.2, 0) is 43.9 Å². The van der Waals surface area contributed by atoms with Crippen molar-refractivity contribution < 1.29 is 27.5 Å². The third-order valence-corrected chi connectivity index (χ3v) is 8.57. The maximum Gasteiger partial charge on any atom is 0.413 e. The van der Waals surface area contributed by atoms with E-state index in [0.717, 1.165) is 35.8 Å². The average molecular weight is 581 g/mol. The van der Waals surface area contributed by atoms with Crippen LogP contribution in [0.25, 0.3) is 0 Å². The molecule has 1 N–H and O–H groups in total. The van der Waals surface area contributed by atoms with Gasteiger partial charge in [0.2, 0.25) is 0 Å². The predicted octanol–water partition coefficient (Wildman–Crippen LogP) is 5.83. The number of hydrogen-bond donors (Lipinski definition) is 1. The first-order valence-electron chi connectivity index (χ1n) is 14.0. The molecule has 0 aliphatic rings. The Bertz CT molecular complexity index is 1320. The van der Waals surface area contributed by atoms with Gasteiger partial charge in [-0.05, 0) is 36.0 Å². The number of nitrogens with zero attached hydrogens (tertiary/aromatic N) is 1. The van der Waals surface area contributed by atoms with Crippen LogP contribution in [0.15, 0.2) is 91.0 Å². The quantitative estimate of drug-likeness (QED) is 0.159. The number of ether oxygens (including phenoxy) is 2. The van der Waals surface area contributed by atoms with E-state index in [1.807, 2.05) is 61.5 Å². The van der Waals surface area contributed by atoms with Crippen molar-refractivity contribution in [3.8, 4) is 0 Å². The largest absolute Gasteiger partial charge is 0.444 e. The van der Waals surface area contributed by atoms with Gasteiger partial charge in [0, 0.05) is 20.0 Å². The van der Waals surface area contributed by atoms with Gasteiger partial charge >= 0.3 is 11.2 Å². The van der Waals surface area contributed by atoms with Gasteiger partial charge in [0.1, 0.15) is 6.61 Å². The summed E-state index contributed by atoms with van der Waals surface area (Å²) in [4.78, 5) is 28.1. The number of ketones is 1. The molecular weight excluding hydrogens is 540 g/mol. The fourth-order valence-electron chi connectivity index (χ4n) is 4.46. The minimum absolute atomic E-state index is 0.0905. The molecule has 0 saturated heterocycles. The van der Waals surface area contributed by atoms with Crippen molar-refractivity contribution in [1.29, 1.82) is 0 Å². The van der Waals surface area contributed by atoms with E-state index in [0.29, 0.717) is 24.8 Å². The van der Waals surface area contributed by atoms with Gasteiger partial charge < -0.3 is 9.47 Å². The van der Waals surface area contributed by atoms with Crippen LogP contribution in [0.3, 0.4) is 0 Å². The maximum absolute atomic E-state index is 14.0. The molecule has 0 saturated carbocycles. The fourth-order valence-corrected chi connectivity index (χ4v) is 6.12. The minimum atomic E-state index is -4.55. The van der Waals surface area contributed by atoms with Gasteiger partial charge in [0.15, 0.2) is 5.78 Å². The molecule has 0 radical (unpaired) electrons. The number of rotatable bonds is 17. The number of aryl methyl sites for hydroxylation is 1. The van der Waals surface area contributed by atoms with Crippen molar-refractivity contribution in [2.45, 2.75) is 64.2 Å². The van der Waals surface area contributed by atoms with Crippen molar-refractivity contribution in [3.05, 3.63) is 108 Å². The second-order valence-electron chi connectivity index (χ2n) is 9.80. The van der Waals surface area contributed by atoms with Gasteiger partial charge in [-0.2, -0.15) is 0 Å². The van der Waals surface area contributed by atoms with E-state index in [1.165, 1.54) is 0 Å². The fraction of sp³-hybridized carbons (Fsp3) is 0.375. The molecule has 0 aliphatic carbocycles. The molecule has 8 nitrogen and oxygen atoms in total. The van der Waals surface area contributed by atoms with E-state index in [2.05, 4.69) is 4.72 Å². The maximum atomic E-state index is 14.0. The molecule has 0 unspecified atom stereocenters. The van der Waals surface area contributed by atoms with Gasteiger partial charge in [-0.3, -0.25) is 9.69 Å². The number of amides is 1. The molecular formula is C32H40N2O6S. The molecule has 0 aromatic heterocycles. The summed E-state index contributed by atoms with van der Waals surface area (Å²) >= 11 is 0. The van der Waals surface area contributed by atoms with E-state index in [-0.39, 0.29) is 26.3 Å². The highest BCUT2D eigenvalue weighted by molar-refractivity contribution is 7.91. The Kier molecular flexibility index (Phi) is 12.5. The number of nitrogens with one attached hydrogen (secondary N) is 1. The molecule has 41 heavy (non-hydrogen) atoms. The van der Waals surface area contributed by atoms with Crippen molar-refractivity contribution >= 4 is 21.9 Å². The first kappa shape index (κ1) is 32.0. The molecule has 0 spiro atoms. The third-order valence-electron chi connectivity index (χ3n) is 6.63. The smallest absolute Gasteiger partial charge is 0.413 e. The summed E-state index contributed by atoms with van der Waals surface area (Å²) in [7, 11) is -4.55. The second kappa shape index (κ2) is 16.0. The number of carbonyl (C=O) groups excluding carboxylic acids is 2. The van der Waals surface area contributed by atoms with Gasteiger partial charge in [0.25, 0.3) is 10.0 Å². The summed E-state index contributed by atoms with van der Waals surface area (Å²) in [5, 5.41) is -2.64. The molecule has 0 aliphatic heterocycles. The van der Waals surface area contributed by atoms with Crippen LogP contribution < -0.4 is 4.72 Å². The van der Waals surface area contributed by atoms with E-state index >= 15 is 0 Å². The summed E-state index contributed by atoms with van der Waals surface area (Å²) in [6.07, 6.45) is 2.25. The molecule has 220 valence electrons. The van der Waals surface area contributed by atoms with Crippen LogP contribution in [0.4, 0.5) is 4.79 Å². The monoisotopic (exact) mass is 580 g/mol. The molecule has 0 fully saturated rings. The number of benzene rings is 3. The van der Waals surface area contributed by atoms with Crippen molar-refractivity contribution in [3.63, 3.8) is 0 Å². The lowest BCUT2D eigenvalue weighted by Gasteiger charge is -2.40. The Labute approximate surface area is 243 Å². The number of carbonyl (C=O) groups is 2. The molecule has 3 aromatic rings. The Morgan fingerprint density at radius 2 is 1.32 bits per heavy atom. The van der Waals surface area contributed by atoms with Crippen LogP contribution in [-0.4, -0.2) is 43.3 Å². The Morgan fingerprint density at radius 3 is 1.85 bits per heavy atom. The zero-order valence-electron chi connectivity index (χ0n) is 23.8. The number of sulfonamides is 1. The van der Waals surface area contributed by atoms with E-state index < -0.39 is 27.0 Å². The normalized spacial score (nSPS) is 12.8. The van der Waals surface area contributed by atoms with Gasteiger partial charge in [-0.25, -0.2) is 17.9 Å². The van der Waals surface area contributed by atoms with Crippen LogP contribution in [0.2, 0.25) is 0 Å². The topological polar surface area (TPSA) is 102 Å². The van der Waals surface area contributed by atoms with Crippen molar-refractivity contribution in [1.82, 2.24) is 9.62 Å². The Balaban J connectivity index is 1.99. The summed E-state index contributed by atoms with van der Waals surface area (Å²) in [5.41, 5.74) is 2.40. The predicted molar refractivity (Wildman–Crippen MR) is 159 cm³/mol. The van der Waals surface area contributed by atoms with Crippen molar-refractivity contribution in [2.24, 2.45) is 0 Å². The molecule has 3 rings (SSSR count). The third kappa shape index (κ3) is 8.98. The van der Waals surface area contributed by atoms with E-state index in [4.69, 9.17) is 9.47 Å². The molecule has 1 amide bonds. The highest BCUT2D eigenvalue weighted by Gasteiger charge is 2.57. The van der Waals surface area contributed by atoms with Gasteiger partial charge in [-0.1, -0.05) is 111 Å². The summed E-state index contributed by atoms with van der Waals surface area (Å²) in [6, 6.07) is 27.6. The molecule has 3 aromatic carbocycles. The molecule has 0 heterocycles.